The molecule has 0 bridgehead atoms. The molecule has 0 saturated heterocycles. The van der Waals surface area contributed by atoms with Crippen molar-refractivity contribution in [2.45, 2.75) is 6.54 Å². The van der Waals surface area contributed by atoms with E-state index in [0.29, 0.717) is 22.7 Å². The Balaban J connectivity index is 2.09. The molecule has 0 aromatic heterocycles. The van der Waals surface area contributed by atoms with E-state index in [1.165, 1.54) is 26.5 Å². The van der Waals surface area contributed by atoms with Gasteiger partial charge in [0.2, 0.25) is 0 Å². The standard InChI is InChI=1S/C19H18FN3O3/c1-25-15-7-8-18(26-2)17(9-15)23-19(24)14(10-21)12-22-11-13-5-3-4-6-16(13)20/h3-9,12,22H,11H2,1-2H3,(H,23,24)/b14-12-. The molecule has 0 aliphatic carbocycles. The maximum Gasteiger partial charge on any atom is 0.267 e. The van der Waals surface area contributed by atoms with Crippen molar-refractivity contribution in [1.29, 1.82) is 5.26 Å². The van der Waals surface area contributed by atoms with Crippen LogP contribution < -0.4 is 20.1 Å². The molecule has 6 nitrogen and oxygen atoms in total. The second-order valence-electron chi connectivity index (χ2n) is 5.16. The van der Waals surface area contributed by atoms with E-state index in [2.05, 4.69) is 10.6 Å². The van der Waals surface area contributed by atoms with Gasteiger partial charge in [-0.2, -0.15) is 5.26 Å². The van der Waals surface area contributed by atoms with Crippen molar-refractivity contribution in [3.63, 3.8) is 0 Å². The molecule has 0 fully saturated rings. The van der Waals surface area contributed by atoms with E-state index in [0.717, 1.165) is 0 Å². The molecule has 1 amide bonds. The first-order valence-corrected chi connectivity index (χ1v) is 7.69. The maximum absolute atomic E-state index is 13.6. The number of anilines is 1. The third kappa shape index (κ3) is 4.74. The van der Waals surface area contributed by atoms with Gasteiger partial charge in [0.25, 0.3) is 5.91 Å². The van der Waals surface area contributed by atoms with Gasteiger partial charge in [0, 0.05) is 24.4 Å². The number of benzene rings is 2. The molecule has 0 saturated carbocycles. The Kier molecular flexibility index (Phi) is 6.57. The van der Waals surface area contributed by atoms with E-state index < -0.39 is 5.91 Å². The minimum absolute atomic E-state index is 0.146. The lowest BCUT2D eigenvalue weighted by Gasteiger charge is -2.11. The molecule has 26 heavy (non-hydrogen) atoms. The summed E-state index contributed by atoms with van der Waals surface area (Å²) in [6.07, 6.45) is 1.24. The summed E-state index contributed by atoms with van der Waals surface area (Å²) >= 11 is 0. The zero-order chi connectivity index (χ0) is 18.9. The number of hydrogen-bond acceptors (Lipinski definition) is 5. The van der Waals surface area contributed by atoms with Gasteiger partial charge in [-0.05, 0) is 18.2 Å². The van der Waals surface area contributed by atoms with Gasteiger partial charge in [-0.15, -0.1) is 0 Å². The summed E-state index contributed by atoms with van der Waals surface area (Å²) in [6, 6.07) is 13.0. The Morgan fingerprint density at radius 1 is 1.23 bits per heavy atom. The van der Waals surface area contributed by atoms with Crippen molar-refractivity contribution in [3.05, 3.63) is 65.6 Å². The van der Waals surface area contributed by atoms with Gasteiger partial charge in [-0.3, -0.25) is 4.79 Å². The van der Waals surface area contributed by atoms with Gasteiger partial charge in [-0.25, -0.2) is 4.39 Å². The molecule has 2 aromatic rings. The van der Waals surface area contributed by atoms with Crippen LogP contribution in [0.3, 0.4) is 0 Å². The van der Waals surface area contributed by atoms with Gasteiger partial charge in [0.05, 0.1) is 19.9 Å². The van der Waals surface area contributed by atoms with E-state index >= 15 is 0 Å². The van der Waals surface area contributed by atoms with E-state index in [-0.39, 0.29) is 17.9 Å². The predicted octanol–water partition coefficient (Wildman–Crippen LogP) is 2.98. The molecule has 0 heterocycles. The molecule has 0 unspecified atom stereocenters. The topological polar surface area (TPSA) is 83.4 Å². The van der Waals surface area contributed by atoms with Crippen molar-refractivity contribution in [2.24, 2.45) is 0 Å². The van der Waals surface area contributed by atoms with Crippen molar-refractivity contribution in [3.8, 4) is 17.6 Å². The molecule has 0 aliphatic rings. The highest BCUT2D eigenvalue weighted by Gasteiger charge is 2.13. The van der Waals surface area contributed by atoms with Crippen LogP contribution in [-0.4, -0.2) is 20.1 Å². The Labute approximate surface area is 150 Å². The number of hydrogen-bond donors (Lipinski definition) is 2. The van der Waals surface area contributed by atoms with Crippen LogP contribution in [0.15, 0.2) is 54.2 Å². The molecule has 0 spiro atoms. The van der Waals surface area contributed by atoms with Crippen LogP contribution in [-0.2, 0) is 11.3 Å². The summed E-state index contributed by atoms with van der Waals surface area (Å²) in [7, 11) is 2.97. The Morgan fingerprint density at radius 2 is 2.00 bits per heavy atom. The van der Waals surface area contributed by atoms with Gasteiger partial charge in [-0.1, -0.05) is 18.2 Å². The second kappa shape index (κ2) is 9.08. The highest BCUT2D eigenvalue weighted by atomic mass is 19.1. The van der Waals surface area contributed by atoms with E-state index in [4.69, 9.17) is 9.47 Å². The average molecular weight is 355 g/mol. The summed E-state index contributed by atoms with van der Waals surface area (Å²) in [4.78, 5) is 12.3. The zero-order valence-corrected chi connectivity index (χ0v) is 14.4. The number of amides is 1. The van der Waals surface area contributed by atoms with Crippen LogP contribution in [0.2, 0.25) is 0 Å². The Morgan fingerprint density at radius 3 is 2.65 bits per heavy atom. The normalized spacial score (nSPS) is 10.6. The molecule has 0 aliphatic heterocycles. The van der Waals surface area contributed by atoms with Crippen molar-refractivity contribution in [2.75, 3.05) is 19.5 Å². The van der Waals surface area contributed by atoms with Gasteiger partial charge < -0.3 is 20.1 Å². The number of ether oxygens (including phenoxy) is 2. The molecule has 0 radical (unpaired) electrons. The lowest BCUT2D eigenvalue weighted by Crippen LogP contribution is -2.17. The Bertz CT molecular complexity index is 859. The number of nitriles is 1. The predicted molar refractivity (Wildman–Crippen MR) is 95.1 cm³/mol. The number of methoxy groups -OCH3 is 2. The Hall–Kier alpha value is -3.53. The van der Waals surface area contributed by atoms with Gasteiger partial charge >= 0.3 is 0 Å². The lowest BCUT2D eigenvalue weighted by atomic mass is 10.2. The SMILES string of the molecule is COc1ccc(OC)c(NC(=O)/C(C#N)=C\NCc2ccccc2F)c1. The van der Waals surface area contributed by atoms with Crippen LogP contribution in [0.5, 0.6) is 11.5 Å². The largest absolute Gasteiger partial charge is 0.497 e. The fourth-order valence-corrected chi connectivity index (χ4v) is 2.15. The highest BCUT2D eigenvalue weighted by molar-refractivity contribution is 6.07. The fraction of sp³-hybridized carbons (Fsp3) is 0.158. The van der Waals surface area contributed by atoms with Crippen LogP contribution in [0.25, 0.3) is 0 Å². The van der Waals surface area contributed by atoms with Crippen LogP contribution in [0.4, 0.5) is 10.1 Å². The first kappa shape index (κ1) is 18.8. The number of carbonyl (C=O) groups excluding carboxylic acids is 1. The highest BCUT2D eigenvalue weighted by Crippen LogP contribution is 2.29. The lowest BCUT2D eigenvalue weighted by molar-refractivity contribution is -0.112. The number of halogens is 1. The van der Waals surface area contributed by atoms with E-state index in [9.17, 15) is 14.4 Å². The zero-order valence-electron chi connectivity index (χ0n) is 14.4. The number of nitrogens with zero attached hydrogens (tertiary/aromatic N) is 1. The molecule has 2 aromatic carbocycles. The van der Waals surface area contributed by atoms with Crippen LogP contribution in [0, 0.1) is 17.1 Å². The smallest absolute Gasteiger partial charge is 0.267 e. The van der Waals surface area contributed by atoms with Crippen molar-refractivity contribution >= 4 is 11.6 Å². The number of nitrogens with one attached hydrogen (secondary N) is 2. The summed E-state index contributed by atoms with van der Waals surface area (Å²) in [6.45, 7) is 0.146. The van der Waals surface area contributed by atoms with E-state index in [1.54, 1.807) is 36.4 Å². The minimum atomic E-state index is -0.625. The van der Waals surface area contributed by atoms with Gasteiger partial charge in [0.1, 0.15) is 29.0 Å². The van der Waals surface area contributed by atoms with Crippen molar-refractivity contribution in [1.82, 2.24) is 5.32 Å². The second-order valence-corrected chi connectivity index (χ2v) is 5.16. The average Bonchev–Trinajstić information content (AvgIpc) is 2.66. The molecule has 134 valence electrons. The quantitative estimate of drug-likeness (QED) is 0.589. The molecular weight excluding hydrogens is 337 g/mol. The molecule has 2 N–H and O–H groups in total. The summed E-state index contributed by atoms with van der Waals surface area (Å²) in [5.74, 6) is -0.0328. The third-order valence-electron chi connectivity index (χ3n) is 3.52. The first-order chi connectivity index (χ1) is 12.6. The first-order valence-electron chi connectivity index (χ1n) is 7.69. The number of carbonyl (C=O) groups is 1. The van der Waals surface area contributed by atoms with Crippen LogP contribution in [0.1, 0.15) is 5.56 Å². The summed E-state index contributed by atoms with van der Waals surface area (Å²) in [5, 5.41) is 14.6. The van der Waals surface area contributed by atoms with Crippen LogP contribution >= 0.6 is 0 Å². The van der Waals surface area contributed by atoms with E-state index in [1.807, 2.05) is 6.07 Å². The molecular formula is C19H18FN3O3. The van der Waals surface area contributed by atoms with Crippen molar-refractivity contribution < 1.29 is 18.7 Å². The molecule has 0 atom stereocenters. The molecule has 2 rings (SSSR count). The minimum Gasteiger partial charge on any atom is -0.497 e. The fourth-order valence-electron chi connectivity index (χ4n) is 2.15. The number of rotatable bonds is 7. The summed E-state index contributed by atoms with van der Waals surface area (Å²) in [5.41, 5.74) is 0.634. The van der Waals surface area contributed by atoms with Gasteiger partial charge in [0.15, 0.2) is 0 Å². The monoisotopic (exact) mass is 355 g/mol. The summed E-state index contributed by atoms with van der Waals surface area (Å²) < 4.78 is 23.9. The maximum atomic E-state index is 13.6. The third-order valence-corrected chi connectivity index (χ3v) is 3.52. The molecule has 7 heteroatoms.